The SMILES string of the molecule is CC(C)(C)C(=O)OCn1cc(CCCC(=O)NC2CCN(C(=O)/C=C/c3ccc(Cl)cc3Cl)CC2)nn1. The summed E-state index contributed by atoms with van der Waals surface area (Å²) in [5.41, 5.74) is 0.889. The van der Waals surface area contributed by atoms with Crippen LogP contribution >= 0.6 is 23.2 Å². The number of aryl methyl sites for hydroxylation is 1. The lowest BCUT2D eigenvalue weighted by Gasteiger charge is -2.31. The number of likely N-dealkylation sites (tertiary alicyclic amines) is 1. The van der Waals surface area contributed by atoms with Crippen molar-refractivity contribution in [2.45, 2.75) is 65.6 Å². The van der Waals surface area contributed by atoms with E-state index in [0.29, 0.717) is 55.2 Å². The van der Waals surface area contributed by atoms with Crippen LogP contribution in [-0.4, -0.2) is 56.8 Å². The Hall–Kier alpha value is -2.91. The van der Waals surface area contributed by atoms with Gasteiger partial charge in [-0.2, -0.15) is 0 Å². The lowest BCUT2D eigenvalue weighted by molar-refractivity contribution is -0.157. The smallest absolute Gasteiger partial charge is 0.313 e. The molecule has 1 N–H and O–H groups in total. The second-order valence-electron chi connectivity index (χ2n) is 10.1. The van der Waals surface area contributed by atoms with Gasteiger partial charge in [0.2, 0.25) is 11.8 Å². The van der Waals surface area contributed by atoms with E-state index in [-0.39, 0.29) is 30.6 Å². The van der Waals surface area contributed by atoms with Crippen LogP contribution in [0.15, 0.2) is 30.5 Å². The highest BCUT2D eigenvalue weighted by molar-refractivity contribution is 6.35. The van der Waals surface area contributed by atoms with Crippen LogP contribution in [0.4, 0.5) is 0 Å². The molecule has 0 radical (unpaired) electrons. The summed E-state index contributed by atoms with van der Waals surface area (Å²) in [6.45, 7) is 6.52. The number of carbonyl (C=O) groups is 3. The van der Waals surface area contributed by atoms with E-state index in [0.717, 1.165) is 11.3 Å². The number of piperidine rings is 1. The van der Waals surface area contributed by atoms with Crippen LogP contribution in [0, 0.1) is 5.41 Å². The number of rotatable bonds is 9. The summed E-state index contributed by atoms with van der Waals surface area (Å²) < 4.78 is 6.68. The fraction of sp³-hybridized carbons (Fsp3) is 0.500. The lowest BCUT2D eigenvalue weighted by Crippen LogP contribution is -2.46. The zero-order chi connectivity index (χ0) is 27.0. The molecule has 200 valence electrons. The van der Waals surface area contributed by atoms with E-state index < -0.39 is 5.41 Å². The van der Waals surface area contributed by atoms with Crippen molar-refractivity contribution in [3.63, 3.8) is 0 Å². The number of halogens is 2. The standard InChI is InChI=1S/C26H33Cl2N5O4/c1-26(2,3)25(36)37-17-33-16-21(30-31-33)5-4-6-23(34)29-20-11-13-32(14-12-20)24(35)10-8-18-7-9-19(27)15-22(18)28/h7-10,15-16,20H,4-6,11-14,17H2,1-3H3,(H,29,34)/b10-8+. The molecule has 2 aromatic rings. The lowest BCUT2D eigenvalue weighted by atomic mass is 9.98. The van der Waals surface area contributed by atoms with E-state index in [2.05, 4.69) is 15.6 Å². The third-order valence-electron chi connectivity index (χ3n) is 5.90. The Morgan fingerprint density at radius 3 is 2.59 bits per heavy atom. The molecule has 1 aromatic carbocycles. The van der Waals surface area contributed by atoms with Crippen molar-refractivity contribution in [1.29, 1.82) is 0 Å². The summed E-state index contributed by atoms with van der Waals surface area (Å²) in [7, 11) is 0. The number of ether oxygens (including phenoxy) is 1. The van der Waals surface area contributed by atoms with Crippen molar-refractivity contribution in [2.24, 2.45) is 5.41 Å². The third-order valence-corrected chi connectivity index (χ3v) is 6.47. The van der Waals surface area contributed by atoms with Gasteiger partial charge < -0.3 is 15.0 Å². The van der Waals surface area contributed by atoms with Gasteiger partial charge in [0.1, 0.15) is 0 Å². The molecule has 0 aliphatic carbocycles. The van der Waals surface area contributed by atoms with Gasteiger partial charge in [-0.15, -0.1) is 5.10 Å². The number of hydrogen-bond acceptors (Lipinski definition) is 6. The summed E-state index contributed by atoms with van der Waals surface area (Å²) >= 11 is 12.1. The van der Waals surface area contributed by atoms with Gasteiger partial charge in [0.05, 0.1) is 17.3 Å². The van der Waals surface area contributed by atoms with Crippen LogP contribution in [0.3, 0.4) is 0 Å². The molecule has 0 spiro atoms. The number of amides is 2. The number of carbonyl (C=O) groups excluding carboxylic acids is 3. The zero-order valence-electron chi connectivity index (χ0n) is 21.4. The summed E-state index contributed by atoms with van der Waals surface area (Å²) in [4.78, 5) is 38.5. The van der Waals surface area contributed by atoms with Crippen LogP contribution in [0.1, 0.15) is 57.7 Å². The number of nitrogens with zero attached hydrogens (tertiary/aromatic N) is 4. The number of nitrogens with one attached hydrogen (secondary N) is 1. The topological polar surface area (TPSA) is 106 Å². The summed E-state index contributed by atoms with van der Waals surface area (Å²) in [5.74, 6) is -0.415. The maximum Gasteiger partial charge on any atom is 0.313 e. The molecule has 0 bridgehead atoms. The summed E-state index contributed by atoms with van der Waals surface area (Å²) in [6, 6.07) is 5.17. The van der Waals surface area contributed by atoms with Crippen LogP contribution in [0.5, 0.6) is 0 Å². The Balaban J connectivity index is 1.33. The minimum Gasteiger partial charge on any atom is -0.442 e. The fourth-order valence-corrected chi connectivity index (χ4v) is 4.21. The van der Waals surface area contributed by atoms with Gasteiger partial charge in [0, 0.05) is 41.7 Å². The highest BCUT2D eigenvalue weighted by Gasteiger charge is 2.24. The molecule has 1 aliphatic rings. The number of esters is 1. The summed E-state index contributed by atoms with van der Waals surface area (Å²) in [5, 5.41) is 12.1. The Labute approximate surface area is 227 Å². The van der Waals surface area contributed by atoms with Crippen molar-refractivity contribution in [3.05, 3.63) is 51.8 Å². The van der Waals surface area contributed by atoms with Crippen LogP contribution in [0.2, 0.25) is 10.0 Å². The van der Waals surface area contributed by atoms with Gasteiger partial charge in [-0.3, -0.25) is 14.4 Å². The first-order chi connectivity index (χ1) is 17.5. The van der Waals surface area contributed by atoms with Crippen LogP contribution in [-0.2, 0) is 32.3 Å². The van der Waals surface area contributed by atoms with Gasteiger partial charge in [-0.05, 0) is 70.2 Å². The molecule has 0 atom stereocenters. The molecule has 1 fully saturated rings. The normalized spacial score (nSPS) is 14.7. The highest BCUT2D eigenvalue weighted by atomic mass is 35.5. The first-order valence-electron chi connectivity index (χ1n) is 12.3. The predicted molar refractivity (Wildman–Crippen MR) is 142 cm³/mol. The van der Waals surface area contributed by atoms with E-state index >= 15 is 0 Å². The van der Waals surface area contributed by atoms with E-state index in [9.17, 15) is 14.4 Å². The Bertz CT molecular complexity index is 1130. The van der Waals surface area contributed by atoms with Gasteiger partial charge >= 0.3 is 5.97 Å². The molecule has 3 rings (SSSR count). The highest BCUT2D eigenvalue weighted by Crippen LogP contribution is 2.22. The Morgan fingerprint density at radius 2 is 1.92 bits per heavy atom. The van der Waals surface area contributed by atoms with E-state index in [1.54, 1.807) is 56.1 Å². The molecule has 1 saturated heterocycles. The number of benzene rings is 1. The van der Waals surface area contributed by atoms with Crippen molar-refractivity contribution in [2.75, 3.05) is 13.1 Å². The molecule has 1 aliphatic heterocycles. The van der Waals surface area contributed by atoms with Gasteiger partial charge in [-0.25, -0.2) is 4.68 Å². The fourth-order valence-electron chi connectivity index (χ4n) is 3.73. The summed E-state index contributed by atoms with van der Waals surface area (Å²) in [6.07, 6.45) is 7.92. The molecule has 1 aromatic heterocycles. The van der Waals surface area contributed by atoms with Crippen molar-refractivity contribution < 1.29 is 19.1 Å². The van der Waals surface area contributed by atoms with Gasteiger partial charge in [0.15, 0.2) is 6.73 Å². The van der Waals surface area contributed by atoms with Crippen molar-refractivity contribution in [3.8, 4) is 0 Å². The van der Waals surface area contributed by atoms with Gasteiger partial charge in [0.25, 0.3) is 0 Å². The molecule has 2 heterocycles. The molecule has 2 amide bonds. The van der Waals surface area contributed by atoms with E-state index in [4.69, 9.17) is 27.9 Å². The zero-order valence-corrected chi connectivity index (χ0v) is 22.9. The second kappa shape index (κ2) is 13.1. The molecule has 9 nitrogen and oxygen atoms in total. The first kappa shape index (κ1) is 28.7. The molecular weight excluding hydrogens is 517 g/mol. The molecular formula is C26H33Cl2N5O4. The maximum absolute atomic E-state index is 12.5. The molecule has 0 saturated carbocycles. The van der Waals surface area contributed by atoms with E-state index in [1.165, 1.54) is 10.8 Å². The Kier molecular flexibility index (Phi) is 10.1. The molecule has 11 heteroatoms. The minimum atomic E-state index is -0.577. The Morgan fingerprint density at radius 1 is 1.19 bits per heavy atom. The molecule has 37 heavy (non-hydrogen) atoms. The quantitative estimate of drug-likeness (QED) is 0.369. The average Bonchev–Trinajstić information content (AvgIpc) is 3.29. The predicted octanol–water partition coefficient (Wildman–Crippen LogP) is 4.28. The van der Waals surface area contributed by atoms with Crippen molar-refractivity contribution in [1.82, 2.24) is 25.2 Å². The van der Waals surface area contributed by atoms with E-state index in [1.807, 2.05) is 0 Å². The monoisotopic (exact) mass is 549 g/mol. The average molecular weight is 550 g/mol. The van der Waals surface area contributed by atoms with Crippen molar-refractivity contribution >= 4 is 47.1 Å². The first-order valence-corrected chi connectivity index (χ1v) is 13.0. The van der Waals surface area contributed by atoms with Crippen LogP contribution < -0.4 is 5.32 Å². The maximum atomic E-state index is 12.5. The second-order valence-corrected chi connectivity index (χ2v) is 10.9. The minimum absolute atomic E-state index is 0.00938. The largest absolute Gasteiger partial charge is 0.442 e. The third kappa shape index (κ3) is 9.16. The number of hydrogen-bond donors (Lipinski definition) is 1. The molecule has 0 unspecified atom stereocenters. The van der Waals surface area contributed by atoms with Gasteiger partial charge in [-0.1, -0.05) is 34.5 Å². The number of aromatic nitrogens is 3. The van der Waals surface area contributed by atoms with Crippen LogP contribution in [0.25, 0.3) is 6.08 Å².